The fraction of sp³-hybridized carbons (Fsp3) is 0.333. The summed E-state index contributed by atoms with van der Waals surface area (Å²) in [5, 5.41) is 0. The predicted molar refractivity (Wildman–Crippen MR) is 47.9 cm³/mol. The van der Waals surface area contributed by atoms with Gasteiger partial charge in [-0.15, -0.1) is 0 Å². The maximum absolute atomic E-state index is 13.0. The van der Waals surface area contributed by atoms with Gasteiger partial charge in [-0.25, -0.2) is 0 Å². The fourth-order valence-corrected chi connectivity index (χ4v) is 1.62. The summed E-state index contributed by atoms with van der Waals surface area (Å²) in [5.74, 6) is -5.25. The van der Waals surface area contributed by atoms with Crippen molar-refractivity contribution in [2.45, 2.75) is 18.1 Å². The molecular formula is C9H9AsF4. The third-order valence-corrected chi connectivity index (χ3v) is 2.22. The summed E-state index contributed by atoms with van der Waals surface area (Å²) < 4.78 is 51.4. The Balaban J connectivity index is 3.25. The minimum atomic E-state index is -1.34. The summed E-state index contributed by atoms with van der Waals surface area (Å²) in [7, 11) is 0. The van der Waals surface area contributed by atoms with E-state index in [-0.39, 0.29) is 17.2 Å². The van der Waals surface area contributed by atoms with Crippen LogP contribution in [0.4, 0.5) is 17.6 Å². The first kappa shape index (κ1) is 11.6. The molecule has 0 heterocycles. The van der Waals surface area contributed by atoms with Gasteiger partial charge in [0.15, 0.2) is 0 Å². The number of hydrogen-bond donors (Lipinski definition) is 0. The van der Waals surface area contributed by atoms with E-state index in [1.807, 2.05) is 0 Å². The Labute approximate surface area is 87.8 Å². The molecule has 0 amide bonds. The van der Waals surface area contributed by atoms with Gasteiger partial charge in [-0.2, -0.15) is 0 Å². The Bertz CT molecular complexity index is 323. The summed E-state index contributed by atoms with van der Waals surface area (Å²) in [6.45, 7) is 1.74. The zero-order valence-corrected chi connectivity index (χ0v) is 9.87. The zero-order chi connectivity index (χ0) is 10.9. The average Bonchev–Trinajstić information content (AvgIpc) is 2.09. The van der Waals surface area contributed by atoms with Crippen molar-refractivity contribution in [3.8, 4) is 0 Å². The molecule has 0 aliphatic carbocycles. The van der Waals surface area contributed by atoms with Crippen molar-refractivity contribution >= 4 is 16.9 Å². The molecule has 1 rings (SSSR count). The van der Waals surface area contributed by atoms with Crippen molar-refractivity contribution in [2.24, 2.45) is 0 Å². The van der Waals surface area contributed by atoms with Crippen LogP contribution in [0.1, 0.15) is 12.5 Å². The van der Waals surface area contributed by atoms with Crippen LogP contribution in [-0.4, -0.2) is 16.9 Å². The van der Waals surface area contributed by atoms with Gasteiger partial charge in [-0.3, -0.25) is 0 Å². The van der Waals surface area contributed by atoms with Crippen LogP contribution < -0.4 is 0 Å². The third kappa shape index (κ3) is 2.30. The minimum absolute atomic E-state index is 0.00630. The first-order valence-electron chi connectivity index (χ1n) is 4.01. The maximum atomic E-state index is 13.0. The van der Waals surface area contributed by atoms with E-state index >= 15 is 0 Å². The average molecular weight is 268 g/mol. The second-order valence-electron chi connectivity index (χ2n) is 3.13. The first-order valence-corrected chi connectivity index (χ1v) is 5.40. The summed E-state index contributed by atoms with van der Waals surface area (Å²) in [5.41, 5.74) is -0.501. The van der Waals surface area contributed by atoms with Crippen LogP contribution in [0, 0.1) is 23.3 Å². The Morgan fingerprint density at radius 1 is 1.14 bits per heavy atom. The molecule has 14 heavy (non-hydrogen) atoms. The van der Waals surface area contributed by atoms with Gasteiger partial charge in [-0.05, 0) is 0 Å². The molecule has 0 spiro atoms. The number of benzene rings is 1. The first-order chi connectivity index (χ1) is 6.43. The van der Waals surface area contributed by atoms with Crippen LogP contribution in [0.25, 0.3) is 0 Å². The molecule has 0 aromatic heterocycles. The molecule has 0 bridgehead atoms. The van der Waals surface area contributed by atoms with Gasteiger partial charge in [0, 0.05) is 0 Å². The van der Waals surface area contributed by atoms with Gasteiger partial charge < -0.3 is 0 Å². The van der Waals surface area contributed by atoms with Crippen LogP contribution >= 0.6 is 0 Å². The quantitative estimate of drug-likeness (QED) is 0.438. The van der Waals surface area contributed by atoms with Crippen LogP contribution in [0.15, 0.2) is 6.07 Å². The summed E-state index contributed by atoms with van der Waals surface area (Å²) >= 11 is 1.26. The van der Waals surface area contributed by atoms with Gasteiger partial charge in [0.25, 0.3) is 0 Å². The SMILES string of the molecule is C[C@H]([AsH2])Cc1c(F)c(F)cc(F)c1F. The normalized spacial score (nSPS) is 13.0. The summed E-state index contributed by atoms with van der Waals surface area (Å²) in [6.07, 6.45) is 0.00630. The van der Waals surface area contributed by atoms with E-state index in [4.69, 9.17) is 0 Å². The molecule has 2 atom stereocenters. The van der Waals surface area contributed by atoms with Gasteiger partial charge in [0.05, 0.1) is 0 Å². The fourth-order valence-electron chi connectivity index (χ4n) is 1.12. The second kappa shape index (κ2) is 4.35. The van der Waals surface area contributed by atoms with Crippen LogP contribution in [-0.2, 0) is 6.42 Å². The molecule has 5 heteroatoms. The summed E-state index contributed by atoms with van der Waals surface area (Å²) in [6, 6.07) is 0.222. The number of halogens is 4. The third-order valence-electron chi connectivity index (χ3n) is 1.73. The predicted octanol–water partition coefficient (Wildman–Crippen LogP) is 2.23. The van der Waals surface area contributed by atoms with Crippen molar-refractivity contribution in [2.75, 3.05) is 0 Å². The van der Waals surface area contributed by atoms with Crippen LogP contribution in [0.5, 0.6) is 0 Å². The number of hydrogen-bond acceptors (Lipinski definition) is 0. The monoisotopic (exact) mass is 268 g/mol. The molecule has 0 radical (unpaired) electrons. The zero-order valence-electron chi connectivity index (χ0n) is 7.45. The molecule has 0 aliphatic rings. The van der Waals surface area contributed by atoms with Crippen molar-refractivity contribution in [3.63, 3.8) is 0 Å². The Hall–Kier alpha value is -0.502. The van der Waals surface area contributed by atoms with Gasteiger partial charge in [0.1, 0.15) is 0 Å². The molecule has 0 aliphatic heterocycles. The van der Waals surface area contributed by atoms with Crippen LogP contribution in [0.3, 0.4) is 0 Å². The molecule has 0 saturated heterocycles. The molecule has 1 unspecified atom stereocenters. The second-order valence-corrected chi connectivity index (χ2v) is 5.52. The van der Waals surface area contributed by atoms with Gasteiger partial charge >= 0.3 is 87.4 Å². The molecule has 0 nitrogen and oxygen atoms in total. The number of rotatable bonds is 2. The van der Waals surface area contributed by atoms with E-state index < -0.39 is 28.8 Å². The van der Waals surface area contributed by atoms with E-state index in [2.05, 4.69) is 0 Å². The molecule has 0 saturated carbocycles. The molecule has 78 valence electrons. The summed E-state index contributed by atoms with van der Waals surface area (Å²) in [4.78, 5) is 0. The van der Waals surface area contributed by atoms with Gasteiger partial charge in [0.2, 0.25) is 0 Å². The van der Waals surface area contributed by atoms with Gasteiger partial charge in [-0.1, -0.05) is 0 Å². The van der Waals surface area contributed by atoms with E-state index in [1.165, 1.54) is 16.9 Å². The topological polar surface area (TPSA) is 0 Å². The van der Waals surface area contributed by atoms with E-state index in [1.54, 1.807) is 6.92 Å². The molecule has 0 N–H and O–H groups in total. The molecule has 1 aromatic carbocycles. The van der Waals surface area contributed by atoms with Crippen molar-refractivity contribution in [3.05, 3.63) is 34.9 Å². The van der Waals surface area contributed by atoms with Crippen LogP contribution in [0.2, 0.25) is 4.71 Å². The molecular weight excluding hydrogens is 259 g/mol. The van der Waals surface area contributed by atoms with E-state index in [0.29, 0.717) is 0 Å². The van der Waals surface area contributed by atoms with Crippen molar-refractivity contribution in [1.29, 1.82) is 0 Å². The Morgan fingerprint density at radius 2 is 1.57 bits per heavy atom. The van der Waals surface area contributed by atoms with Crippen molar-refractivity contribution < 1.29 is 17.6 Å². The molecule has 0 fully saturated rings. The molecule has 1 aromatic rings. The van der Waals surface area contributed by atoms with Crippen molar-refractivity contribution in [1.82, 2.24) is 0 Å². The standard InChI is InChI=1S/C9H9AsF4/c1-4(10)2-5-8(13)6(11)3-7(12)9(5)14/h3-4H,2,10H2,1H3/t4-/m0/s1. The Morgan fingerprint density at radius 3 is 1.93 bits per heavy atom. The Kier molecular flexibility index (Phi) is 3.59. The van der Waals surface area contributed by atoms with E-state index in [9.17, 15) is 17.6 Å². The van der Waals surface area contributed by atoms with E-state index in [0.717, 1.165) is 0 Å².